The molecule has 0 saturated carbocycles. The molecule has 112 valence electrons. The number of rotatable bonds is 6. The summed E-state index contributed by atoms with van der Waals surface area (Å²) in [6.45, 7) is 0. The Labute approximate surface area is 126 Å². The molecule has 0 bridgehead atoms. The Kier molecular flexibility index (Phi) is 4.68. The monoisotopic (exact) mass is 298 g/mol. The first-order valence-corrected chi connectivity index (χ1v) is 6.61. The molecule has 2 unspecified atom stereocenters. The van der Waals surface area contributed by atoms with Gasteiger partial charge in [0.1, 0.15) is 11.8 Å². The Hall–Kier alpha value is -2.95. The topological polar surface area (TPSA) is 91.7 Å². The zero-order chi connectivity index (χ0) is 16.1. The number of carbonyl (C=O) groups is 3. The SMILES string of the molecule is O=C(O)C(C(=O)C(C(=O)O)c1ccccc1)c1ccccc1. The lowest BCUT2D eigenvalue weighted by atomic mass is 9.83. The molecule has 5 heteroatoms. The largest absolute Gasteiger partial charge is 0.480 e. The third-order valence-electron chi connectivity index (χ3n) is 3.33. The molecular weight excluding hydrogens is 284 g/mol. The van der Waals surface area contributed by atoms with Crippen LogP contribution in [0.5, 0.6) is 0 Å². The molecule has 2 aromatic rings. The number of hydrogen-bond acceptors (Lipinski definition) is 3. The molecule has 0 aliphatic carbocycles. The molecule has 0 aliphatic heterocycles. The highest BCUT2D eigenvalue weighted by Crippen LogP contribution is 2.27. The van der Waals surface area contributed by atoms with E-state index in [9.17, 15) is 24.6 Å². The number of carbonyl (C=O) groups excluding carboxylic acids is 1. The standard InChI is InChI=1S/C17H14O5/c18-15(13(16(19)20)11-7-3-1-4-8-11)14(17(21)22)12-9-5-2-6-10-12/h1-10,13-14H,(H,19,20)(H,21,22). The third-order valence-corrected chi connectivity index (χ3v) is 3.33. The summed E-state index contributed by atoms with van der Waals surface area (Å²) in [7, 11) is 0. The minimum atomic E-state index is -1.51. The number of carboxylic acids is 2. The lowest BCUT2D eigenvalue weighted by molar-refractivity contribution is -0.146. The maximum Gasteiger partial charge on any atom is 0.318 e. The number of Topliss-reactive ketones (excluding diaryl/α,β-unsaturated/α-hetero) is 1. The molecule has 0 spiro atoms. The summed E-state index contributed by atoms with van der Waals surface area (Å²) in [6, 6.07) is 15.8. The van der Waals surface area contributed by atoms with Crippen LogP contribution in [-0.2, 0) is 14.4 Å². The van der Waals surface area contributed by atoms with Gasteiger partial charge in [0.2, 0.25) is 0 Å². The Morgan fingerprint density at radius 1 is 0.636 bits per heavy atom. The van der Waals surface area contributed by atoms with Gasteiger partial charge in [-0.05, 0) is 11.1 Å². The second kappa shape index (κ2) is 6.67. The van der Waals surface area contributed by atoms with Gasteiger partial charge in [-0.25, -0.2) is 0 Å². The first-order chi connectivity index (χ1) is 10.5. The van der Waals surface area contributed by atoms with E-state index in [0.29, 0.717) is 0 Å². The van der Waals surface area contributed by atoms with Gasteiger partial charge in [-0.15, -0.1) is 0 Å². The average molecular weight is 298 g/mol. The van der Waals surface area contributed by atoms with Crippen LogP contribution in [0.25, 0.3) is 0 Å². The molecule has 0 heterocycles. The molecule has 2 rings (SSSR count). The molecule has 2 aromatic carbocycles. The van der Waals surface area contributed by atoms with Crippen LogP contribution < -0.4 is 0 Å². The van der Waals surface area contributed by atoms with Crippen LogP contribution in [0, 0.1) is 0 Å². The molecule has 0 aliphatic rings. The van der Waals surface area contributed by atoms with Crippen LogP contribution in [0.15, 0.2) is 60.7 Å². The zero-order valence-corrected chi connectivity index (χ0v) is 11.5. The summed E-state index contributed by atoms with van der Waals surface area (Å²) in [5, 5.41) is 18.7. The van der Waals surface area contributed by atoms with Crippen LogP contribution in [0.2, 0.25) is 0 Å². The summed E-state index contributed by atoms with van der Waals surface area (Å²) in [6.07, 6.45) is 0. The first kappa shape index (κ1) is 15.4. The van der Waals surface area contributed by atoms with Gasteiger partial charge in [0, 0.05) is 0 Å². The van der Waals surface area contributed by atoms with Gasteiger partial charge in [0.05, 0.1) is 0 Å². The van der Waals surface area contributed by atoms with Crippen molar-refractivity contribution in [1.29, 1.82) is 0 Å². The summed E-state index contributed by atoms with van der Waals surface area (Å²) >= 11 is 0. The second-order valence-electron chi connectivity index (χ2n) is 4.77. The molecule has 2 atom stereocenters. The van der Waals surface area contributed by atoms with Crippen molar-refractivity contribution in [1.82, 2.24) is 0 Å². The van der Waals surface area contributed by atoms with Gasteiger partial charge in [-0.2, -0.15) is 0 Å². The number of hydrogen-bond donors (Lipinski definition) is 2. The van der Waals surface area contributed by atoms with Gasteiger partial charge in [0.15, 0.2) is 5.78 Å². The van der Waals surface area contributed by atoms with Crippen LogP contribution in [0.3, 0.4) is 0 Å². The summed E-state index contributed by atoms with van der Waals surface area (Å²) in [4.78, 5) is 35.5. The van der Waals surface area contributed by atoms with Crippen LogP contribution in [0.4, 0.5) is 0 Å². The molecule has 2 N–H and O–H groups in total. The van der Waals surface area contributed by atoms with E-state index in [-0.39, 0.29) is 11.1 Å². The van der Waals surface area contributed by atoms with Gasteiger partial charge < -0.3 is 10.2 Å². The van der Waals surface area contributed by atoms with Gasteiger partial charge in [-0.3, -0.25) is 14.4 Å². The minimum Gasteiger partial charge on any atom is -0.480 e. The van der Waals surface area contributed by atoms with Crippen LogP contribution >= 0.6 is 0 Å². The van der Waals surface area contributed by atoms with Crippen molar-refractivity contribution in [2.45, 2.75) is 11.8 Å². The van der Waals surface area contributed by atoms with Gasteiger partial charge >= 0.3 is 11.9 Å². The maximum absolute atomic E-state index is 12.6. The average Bonchev–Trinajstić information content (AvgIpc) is 2.49. The number of carboxylic acid groups (broad SMARTS) is 2. The highest BCUT2D eigenvalue weighted by molar-refractivity contribution is 6.14. The normalized spacial score (nSPS) is 13.1. The third kappa shape index (κ3) is 3.20. The van der Waals surface area contributed by atoms with E-state index in [1.807, 2.05) is 0 Å². The molecule has 0 radical (unpaired) electrons. The molecule has 0 aromatic heterocycles. The highest BCUT2D eigenvalue weighted by Gasteiger charge is 2.38. The number of ketones is 1. The van der Waals surface area contributed by atoms with E-state index < -0.39 is 29.6 Å². The lowest BCUT2D eigenvalue weighted by Crippen LogP contribution is -2.31. The Morgan fingerprint density at radius 3 is 1.23 bits per heavy atom. The summed E-state index contributed by atoms with van der Waals surface area (Å²) < 4.78 is 0. The number of benzene rings is 2. The number of aliphatic carboxylic acids is 2. The predicted molar refractivity (Wildman–Crippen MR) is 78.6 cm³/mol. The molecule has 5 nitrogen and oxygen atoms in total. The molecule has 0 amide bonds. The summed E-state index contributed by atoms with van der Waals surface area (Å²) in [5.74, 6) is -6.61. The van der Waals surface area contributed by atoms with Crippen LogP contribution in [-0.4, -0.2) is 27.9 Å². The van der Waals surface area contributed by atoms with Crippen molar-refractivity contribution in [2.24, 2.45) is 0 Å². The van der Waals surface area contributed by atoms with E-state index in [4.69, 9.17) is 0 Å². The zero-order valence-electron chi connectivity index (χ0n) is 11.5. The quantitative estimate of drug-likeness (QED) is 0.798. The van der Waals surface area contributed by atoms with Crippen molar-refractivity contribution in [2.75, 3.05) is 0 Å². The Morgan fingerprint density at radius 2 is 0.955 bits per heavy atom. The van der Waals surface area contributed by atoms with E-state index >= 15 is 0 Å². The van der Waals surface area contributed by atoms with E-state index in [1.165, 1.54) is 24.3 Å². The first-order valence-electron chi connectivity index (χ1n) is 6.61. The van der Waals surface area contributed by atoms with Crippen molar-refractivity contribution < 1.29 is 24.6 Å². The fraction of sp³-hybridized carbons (Fsp3) is 0.118. The second-order valence-corrected chi connectivity index (χ2v) is 4.77. The lowest BCUT2D eigenvalue weighted by Gasteiger charge is -2.17. The van der Waals surface area contributed by atoms with Crippen molar-refractivity contribution >= 4 is 17.7 Å². The van der Waals surface area contributed by atoms with Crippen LogP contribution in [0.1, 0.15) is 23.0 Å². The van der Waals surface area contributed by atoms with E-state index in [1.54, 1.807) is 36.4 Å². The smallest absolute Gasteiger partial charge is 0.318 e. The molecule has 0 saturated heterocycles. The molecular formula is C17H14O5. The minimum absolute atomic E-state index is 0.266. The van der Waals surface area contributed by atoms with E-state index in [2.05, 4.69) is 0 Å². The van der Waals surface area contributed by atoms with Crippen molar-refractivity contribution in [3.63, 3.8) is 0 Å². The van der Waals surface area contributed by atoms with Crippen molar-refractivity contribution in [3.05, 3.63) is 71.8 Å². The predicted octanol–water partition coefficient (Wildman–Crippen LogP) is 2.29. The fourth-order valence-corrected chi connectivity index (χ4v) is 2.31. The molecule has 0 fully saturated rings. The molecule has 22 heavy (non-hydrogen) atoms. The Bertz CT molecular complexity index is 619. The van der Waals surface area contributed by atoms with Crippen molar-refractivity contribution in [3.8, 4) is 0 Å². The highest BCUT2D eigenvalue weighted by atomic mass is 16.4. The fourth-order valence-electron chi connectivity index (χ4n) is 2.31. The van der Waals surface area contributed by atoms with Gasteiger partial charge in [0.25, 0.3) is 0 Å². The summed E-state index contributed by atoms with van der Waals surface area (Å²) in [5.41, 5.74) is 0.532. The Balaban J connectivity index is 2.45. The maximum atomic E-state index is 12.6. The van der Waals surface area contributed by atoms with Gasteiger partial charge in [-0.1, -0.05) is 60.7 Å². The van der Waals surface area contributed by atoms with E-state index in [0.717, 1.165) is 0 Å².